The molecule has 8 nitrogen and oxygen atoms in total. The molecule has 0 bridgehead atoms. The average Bonchev–Trinajstić information content (AvgIpc) is 3.17. The highest BCUT2D eigenvalue weighted by atomic mass is 79.9. The van der Waals surface area contributed by atoms with Crippen LogP contribution in [0.3, 0.4) is 0 Å². The van der Waals surface area contributed by atoms with Gasteiger partial charge in [0.2, 0.25) is 0 Å². The molecule has 0 aliphatic rings. The van der Waals surface area contributed by atoms with E-state index in [0.29, 0.717) is 14.9 Å². The molecule has 0 aliphatic carbocycles. The number of hydrogen-bond acceptors (Lipinski definition) is 4. The van der Waals surface area contributed by atoms with Gasteiger partial charge in [-0.15, -0.1) is 0 Å². The summed E-state index contributed by atoms with van der Waals surface area (Å²) in [5, 5.41) is 12.0. The first kappa shape index (κ1) is 32.1. The zero-order valence-corrected chi connectivity index (χ0v) is 24.4. The van der Waals surface area contributed by atoms with Crippen molar-refractivity contribution in [1.29, 1.82) is 0 Å². The summed E-state index contributed by atoms with van der Waals surface area (Å²) >= 11 is 8.56. The zero-order chi connectivity index (χ0) is 29.8. The van der Waals surface area contributed by atoms with Gasteiger partial charge in [-0.25, -0.2) is 32.6 Å². The number of carboxylic acid groups (broad SMARTS) is 1. The van der Waals surface area contributed by atoms with Crippen molar-refractivity contribution >= 4 is 70.6 Å². The number of carboxylic acids is 1. The fourth-order valence-corrected chi connectivity index (χ4v) is 3.75. The second kappa shape index (κ2) is 13.3. The van der Waals surface area contributed by atoms with Gasteiger partial charge in [-0.3, -0.25) is 24.4 Å². The highest BCUT2D eigenvalue weighted by Crippen LogP contribution is 2.23. The molecule has 4 aromatic rings. The van der Waals surface area contributed by atoms with Crippen LogP contribution in [0.4, 0.5) is 22.0 Å². The van der Waals surface area contributed by atoms with Crippen LogP contribution < -0.4 is 11.4 Å². The first-order chi connectivity index (χ1) is 18.1. The van der Waals surface area contributed by atoms with Crippen LogP contribution in [0.15, 0.2) is 54.6 Å². The molecule has 0 atom stereocenters. The molecule has 16 heteroatoms. The second-order valence-electron chi connectivity index (χ2n) is 7.43. The van der Waals surface area contributed by atoms with Gasteiger partial charge in [-0.05, 0) is 84.2 Å². The van der Waals surface area contributed by atoms with Crippen molar-refractivity contribution in [2.24, 2.45) is 12.9 Å². The summed E-state index contributed by atoms with van der Waals surface area (Å²) in [6, 6.07) is 7.64. The number of aryl methyl sites for hydroxylation is 1. The molecular weight excluding hydrogens is 731 g/mol. The van der Waals surface area contributed by atoms with Crippen LogP contribution in [-0.4, -0.2) is 38.8 Å². The number of fused-ring (bicyclic) bond motifs is 1. The molecule has 4 rings (SSSR count). The Labute approximate surface area is 241 Å². The van der Waals surface area contributed by atoms with E-state index in [4.69, 9.17) is 10.9 Å². The summed E-state index contributed by atoms with van der Waals surface area (Å²) in [4.78, 5) is 32.8. The van der Waals surface area contributed by atoms with Crippen molar-refractivity contribution < 1.29 is 36.6 Å². The number of nitrogens with one attached hydrogen (secondary N) is 1. The third kappa shape index (κ3) is 7.32. The van der Waals surface area contributed by atoms with E-state index in [1.807, 2.05) is 0 Å². The lowest BCUT2D eigenvalue weighted by atomic mass is 10.2. The van der Waals surface area contributed by atoms with Crippen LogP contribution >= 0.6 is 47.8 Å². The van der Waals surface area contributed by atoms with E-state index in [9.17, 15) is 36.3 Å². The van der Waals surface area contributed by atoms with Crippen LogP contribution in [0.5, 0.6) is 0 Å². The molecule has 4 N–H and O–H groups in total. The quantitative estimate of drug-likeness (QED) is 0.0780. The first-order valence-electron chi connectivity index (χ1n) is 10.2. The number of hydrazine groups is 1. The highest BCUT2D eigenvalue weighted by molar-refractivity contribution is 9.11. The fourth-order valence-electron chi connectivity index (χ4n) is 2.81. The van der Waals surface area contributed by atoms with Crippen LogP contribution in [0.2, 0.25) is 0 Å². The van der Waals surface area contributed by atoms with Crippen LogP contribution in [0.25, 0.3) is 10.9 Å². The Bertz CT molecular complexity index is 1630. The Balaban J connectivity index is 0.000000206. The van der Waals surface area contributed by atoms with Crippen molar-refractivity contribution in [1.82, 2.24) is 14.8 Å². The molecule has 0 radical (unpaired) electrons. The average molecular weight is 747 g/mol. The van der Waals surface area contributed by atoms with Gasteiger partial charge in [0.15, 0.2) is 29.1 Å². The Hall–Kier alpha value is -3.08. The lowest BCUT2D eigenvalue weighted by Crippen LogP contribution is -2.33. The molecule has 39 heavy (non-hydrogen) atoms. The topological polar surface area (TPSA) is 121 Å². The monoisotopic (exact) mass is 744 g/mol. The van der Waals surface area contributed by atoms with Crippen molar-refractivity contribution in [3.8, 4) is 0 Å². The van der Waals surface area contributed by atoms with Gasteiger partial charge in [0.25, 0.3) is 11.5 Å². The number of amides is 1. The largest absolute Gasteiger partial charge is 0.478 e. The molecule has 1 amide bonds. The van der Waals surface area contributed by atoms with Gasteiger partial charge < -0.3 is 5.11 Å². The summed E-state index contributed by atoms with van der Waals surface area (Å²) in [6.07, 6.45) is 0. The zero-order valence-electron chi connectivity index (χ0n) is 19.6. The van der Waals surface area contributed by atoms with Crippen LogP contribution in [0, 0.1) is 29.1 Å². The van der Waals surface area contributed by atoms with Gasteiger partial charge in [0.05, 0.1) is 29.9 Å². The molecular formula is C23H16Br3F5N4O4. The number of aromatic nitrogens is 2. The molecule has 1 aromatic heterocycles. The minimum atomic E-state index is -1.49. The number of hydrogen-bond donors (Lipinski definition) is 3. The summed E-state index contributed by atoms with van der Waals surface area (Å²) in [6.45, 7) is 0. The third-order valence-electron chi connectivity index (χ3n) is 4.76. The summed E-state index contributed by atoms with van der Waals surface area (Å²) in [7, 11) is 2.80. The van der Waals surface area contributed by atoms with Crippen LogP contribution in [0.1, 0.15) is 20.7 Å². The van der Waals surface area contributed by atoms with Gasteiger partial charge >= 0.3 is 5.97 Å². The van der Waals surface area contributed by atoms with Crippen molar-refractivity contribution in [2.45, 2.75) is 0 Å². The van der Waals surface area contributed by atoms with E-state index in [-0.39, 0.29) is 20.0 Å². The number of carbonyl (C=O) groups is 2. The SMILES string of the molecule is CN(N)C(=O)c1ccc(Br)c(F)c1F.Cn1[nH]c2c(F)c(Br)ccc2c1=O.O=C(O)c1ccc(Br)c(F)c1F. The number of nitrogens with zero attached hydrogens (tertiary/aromatic N) is 2. The van der Waals surface area contributed by atoms with E-state index in [0.717, 1.165) is 18.2 Å². The summed E-state index contributed by atoms with van der Waals surface area (Å²) in [5.41, 5.74) is -1.05. The number of aromatic carboxylic acids is 1. The normalized spacial score (nSPS) is 10.3. The Kier molecular flexibility index (Phi) is 11.0. The van der Waals surface area contributed by atoms with Crippen molar-refractivity contribution in [3.63, 3.8) is 0 Å². The van der Waals surface area contributed by atoms with Crippen LogP contribution in [-0.2, 0) is 7.05 Å². The molecule has 0 spiro atoms. The van der Waals surface area contributed by atoms with E-state index in [1.54, 1.807) is 13.1 Å². The maximum absolute atomic E-state index is 13.4. The van der Waals surface area contributed by atoms with Gasteiger partial charge in [-0.1, -0.05) is 0 Å². The maximum Gasteiger partial charge on any atom is 0.338 e. The van der Waals surface area contributed by atoms with Crippen molar-refractivity contribution in [3.05, 3.63) is 100 Å². The standard InChI is InChI=1S/C8H7BrF2N2O.C8H6BrFN2O.C7H3BrF2O2/c1-13(12)8(14)4-2-3-5(9)7(11)6(4)10;1-12-8(13)4-2-3-5(9)6(10)7(4)11-12;8-4-2-1-3(7(11)12)5(9)6(4)10/h2-3H,12H2,1H3;2-3,11H,1H3;1-2H,(H,11,12). The predicted molar refractivity (Wildman–Crippen MR) is 143 cm³/mol. The molecule has 0 unspecified atom stereocenters. The Morgan fingerprint density at radius 1 is 0.821 bits per heavy atom. The van der Waals surface area contributed by atoms with E-state index in [2.05, 4.69) is 52.9 Å². The van der Waals surface area contributed by atoms with Crippen molar-refractivity contribution in [2.75, 3.05) is 7.05 Å². The molecule has 0 saturated heterocycles. The minimum Gasteiger partial charge on any atom is -0.478 e. The minimum absolute atomic E-state index is 0.0359. The number of rotatable bonds is 2. The number of carbonyl (C=O) groups excluding carboxylic acids is 1. The van der Waals surface area contributed by atoms with Gasteiger partial charge in [0.1, 0.15) is 5.52 Å². The maximum atomic E-state index is 13.4. The molecule has 0 aliphatic heterocycles. The summed E-state index contributed by atoms with van der Waals surface area (Å²) < 4.78 is 66.4. The Morgan fingerprint density at radius 3 is 1.74 bits per heavy atom. The van der Waals surface area contributed by atoms with Gasteiger partial charge in [0, 0.05) is 14.1 Å². The van der Waals surface area contributed by atoms with E-state index >= 15 is 0 Å². The molecule has 0 fully saturated rings. The third-order valence-corrected chi connectivity index (χ3v) is 6.60. The summed E-state index contributed by atoms with van der Waals surface area (Å²) in [5.74, 6) is -2.44. The molecule has 1 heterocycles. The molecule has 0 saturated carbocycles. The number of halogens is 8. The Morgan fingerprint density at radius 2 is 1.26 bits per heavy atom. The number of nitrogens with two attached hydrogens (primary N) is 1. The number of benzene rings is 3. The lowest BCUT2D eigenvalue weighted by molar-refractivity contribution is 0.0689. The second-order valence-corrected chi connectivity index (χ2v) is 9.99. The highest BCUT2D eigenvalue weighted by Gasteiger charge is 2.19. The lowest BCUT2D eigenvalue weighted by Gasteiger charge is -2.10. The van der Waals surface area contributed by atoms with E-state index < -0.39 is 52.1 Å². The van der Waals surface area contributed by atoms with E-state index in [1.165, 1.54) is 23.9 Å². The predicted octanol–water partition coefficient (Wildman–Crippen LogP) is 5.87. The van der Waals surface area contributed by atoms with Gasteiger partial charge in [-0.2, -0.15) is 0 Å². The smallest absolute Gasteiger partial charge is 0.338 e. The molecule has 3 aromatic carbocycles. The first-order valence-corrected chi connectivity index (χ1v) is 12.5. The number of aromatic amines is 1. The molecule has 208 valence electrons. The number of H-pyrrole nitrogens is 1. The fraction of sp³-hybridized carbons (Fsp3) is 0.0870.